The van der Waals surface area contributed by atoms with Crippen molar-refractivity contribution in [3.8, 4) is 11.3 Å². The molecule has 0 bridgehead atoms. The summed E-state index contributed by atoms with van der Waals surface area (Å²) in [6, 6.07) is 18.2. The number of fused-ring (bicyclic) bond motifs is 1. The summed E-state index contributed by atoms with van der Waals surface area (Å²) in [4.78, 5) is 0. The molecule has 31 heavy (non-hydrogen) atoms. The van der Waals surface area contributed by atoms with Gasteiger partial charge in [-0.3, -0.25) is 0 Å². The Morgan fingerprint density at radius 1 is 0.935 bits per heavy atom. The van der Waals surface area contributed by atoms with Gasteiger partial charge >= 0.3 is 0 Å². The third-order valence-corrected chi connectivity index (χ3v) is 4.86. The molecular weight excluding hydrogens is 402 g/mol. The van der Waals surface area contributed by atoms with Gasteiger partial charge in [0.05, 0.1) is 19.3 Å². The highest BCUT2D eigenvalue weighted by Crippen LogP contribution is 2.28. The lowest BCUT2D eigenvalue weighted by atomic mass is 10.1. The number of benzene rings is 3. The molecule has 0 amide bonds. The van der Waals surface area contributed by atoms with E-state index in [2.05, 4.69) is 10.5 Å². The van der Waals surface area contributed by atoms with Crippen LogP contribution in [0, 0.1) is 11.6 Å². The van der Waals surface area contributed by atoms with Gasteiger partial charge in [0.1, 0.15) is 17.3 Å². The molecule has 4 aromatic rings. The lowest BCUT2D eigenvalue weighted by Gasteiger charge is -2.13. The van der Waals surface area contributed by atoms with Crippen molar-refractivity contribution < 1.29 is 23.1 Å². The van der Waals surface area contributed by atoms with Gasteiger partial charge in [0.2, 0.25) is 0 Å². The smallest absolute Gasteiger partial charge is 0.170 e. The molecule has 1 unspecified atom stereocenters. The van der Waals surface area contributed by atoms with Crippen LogP contribution >= 0.6 is 0 Å². The van der Waals surface area contributed by atoms with Gasteiger partial charge < -0.3 is 19.7 Å². The molecule has 3 aromatic carbocycles. The Morgan fingerprint density at radius 3 is 2.42 bits per heavy atom. The molecular formula is C24H22F2N2O3. The standard InChI is InChI=1S/C24H22F2N2O3/c25-19-7-3-16(4-8-19)12-27-13-21(29)15-30-14-17-1-5-18(6-2-17)24-22-10-9-20(26)11-23(22)31-28-24/h1-11,21,27,29H,12-15H2. The van der Waals surface area contributed by atoms with Crippen molar-refractivity contribution in [2.75, 3.05) is 13.2 Å². The van der Waals surface area contributed by atoms with Crippen molar-refractivity contribution in [1.29, 1.82) is 0 Å². The molecule has 0 aliphatic heterocycles. The highest BCUT2D eigenvalue weighted by atomic mass is 19.1. The molecule has 4 rings (SSSR count). The summed E-state index contributed by atoms with van der Waals surface area (Å²) in [7, 11) is 0. The summed E-state index contributed by atoms with van der Waals surface area (Å²) in [5, 5.41) is 18.0. The van der Waals surface area contributed by atoms with Crippen LogP contribution in [0.25, 0.3) is 22.2 Å². The lowest BCUT2D eigenvalue weighted by Crippen LogP contribution is -2.30. The fraction of sp³-hybridized carbons (Fsp3) is 0.208. The molecule has 0 saturated heterocycles. The maximum Gasteiger partial charge on any atom is 0.170 e. The van der Waals surface area contributed by atoms with Crippen molar-refractivity contribution in [2.24, 2.45) is 0 Å². The predicted molar refractivity (Wildman–Crippen MR) is 113 cm³/mol. The zero-order valence-electron chi connectivity index (χ0n) is 16.7. The van der Waals surface area contributed by atoms with E-state index in [4.69, 9.17) is 9.26 Å². The Kier molecular flexibility index (Phi) is 6.66. The van der Waals surface area contributed by atoms with E-state index in [9.17, 15) is 13.9 Å². The SMILES string of the molecule is OC(CNCc1ccc(F)cc1)COCc1ccc(-c2noc3cc(F)ccc23)cc1. The van der Waals surface area contributed by atoms with Gasteiger partial charge in [-0.15, -0.1) is 0 Å². The minimum Gasteiger partial charge on any atom is -0.389 e. The number of halogens is 2. The zero-order valence-corrected chi connectivity index (χ0v) is 16.7. The first kappa shape index (κ1) is 21.1. The van der Waals surface area contributed by atoms with Crippen molar-refractivity contribution in [3.05, 3.63) is 89.5 Å². The van der Waals surface area contributed by atoms with Gasteiger partial charge in [-0.2, -0.15) is 0 Å². The summed E-state index contributed by atoms with van der Waals surface area (Å²) in [6.07, 6.45) is -0.651. The van der Waals surface area contributed by atoms with Gasteiger partial charge in [-0.05, 0) is 35.4 Å². The van der Waals surface area contributed by atoms with E-state index in [1.165, 1.54) is 24.3 Å². The Balaban J connectivity index is 1.23. The van der Waals surface area contributed by atoms with E-state index in [-0.39, 0.29) is 18.2 Å². The van der Waals surface area contributed by atoms with Crippen LogP contribution in [0.4, 0.5) is 8.78 Å². The Bertz CT molecular complexity index is 1130. The summed E-state index contributed by atoms with van der Waals surface area (Å²) in [5.41, 5.74) is 3.82. The molecule has 0 spiro atoms. The molecule has 1 atom stereocenters. The van der Waals surface area contributed by atoms with E-state index in [1.807, 2.05) is 24.3 Å². The number of rotatable bonds is 9. The quantitative estimate of drug-likeness (QED) is 0.416. The number of hydrogen-bond acceptors (Lipinski definition) is 5. The lowest BCUT2D eigenvalue weighted by molar-refractivity contribution is 0.0287. The van der Waals surface area contributed by atoms with Gasteiger partial charge in [0.15, 0.2) is 5.58 Å². The van der Waals surface area contributed by atoms with Gasteiger partial charge in [-0.1, -0.05) is 41.6 Å². The number of ether oxygens (including phenoxy) is 1. The van der Waals surface area contributed by atoms with E-state index in [0.717, 1.165) is 22.1 Å². The molecule has 0 aliphatic rings. The Morgan fingerprint density at radius 2 is 1.65 bits per heavy atom. The van der Waals surface area contributed by atoms with Crippen LogP contribution < -0.4 is 5.32 Å². The molecule has 1 aromatic heterocycles. The van der Waals surface area contributed by atoms with Crippen LogP contribution in [0.3, 0.4) is 0 Å². The normalized spacial score (nSPS) is 12.4. The third-order valence-electron chi connectivity index (χ3n) is 4.86. The highest BCUT2D eigenvalue weighted by Gasteiger charge is 2.11. The number of nitrogens with zero attached hydrogens (tertiary/aromatic N) is 1. The van der Waals surface area contributed by atoms with Gasteiger partial charge in [-0.25, -0.2) is 8.78 Å². The Hall–Kier alpha value is -3.13. The molecule has 0 fully saturated rings. The highest BCUT2D eigenvalue weighted by molar-refractivity contribution is 5.91. The van der Waals surface area contributed by atoms with Crippen LogP contribution in [0.15, 0.2) is 71.3 Å². The topological polar surface area (TPSA) is 67.5 Å². The second-order valence-corrected chi connectivity index (χ2v) is 7.29. The number of aromatic nitrogens is 1. The average molecular weight is 424 g/mol. The number of nitrogens with one attached hydrogen (secondary N) is 1. The minimum atomic E-state index is -0.651. The minimum absolute atomic E-state index is 0.192. The molecule has 0 radical (unpaired) electrons. The second kappa shape index (κ2) is 9.78. The number of aliphatic hydroxyl groups is 1. The maximum atomic E-state index is 13.3. The van der Waals surface area contributed by atoms with Gasteiger partial charge in [0, 0.05) is 30.1 Å². The zero-order chi connectivity index (χ0) is 21.6. The molecule has 7 heteroatoms. The van der Waals surface area contributed by atoms with Crippen molar-refractivity contribution in [1.82, 2.24) is 10.5 Å². The summed E-state index contributed by atoms with van der Waals surface area (Å²) in [5.74, 6) is -0.634. The number of aliphatic hydroxyl groups excluding tert-OH is 1. The van der Waals surface area contributed by atoms with Crippen LogP contribution in [-0.2, 0) is 17.9 Å². The average Bonchev–Trinajstić information content (AvgIpc) is 3.18. The van der Waals surface area contributed by atoms with E-state index in [0.29, 0.717) is 31.0 Å². The fourth-order valence-electron chi connectivity index (χ4n) is 3.24. The molecule has 0 aliphatic carbocycles. The fourth-order valence-corrected chi connectivity index (χ4v) is 3.24. The largest absolute Gasteiger partial charge is 0.389 e. The predicted octanol–water partition coefficient (Wildman–Crippen LogP) is 4.44. The first-order chi connectivity index (χ1) is 15.1. The molecule has 2 N–H and O–H groups in total. The summed E-state index contributed by atoms with van der Waals surface area (Å²) < 4.78 is 37.0. The summed E-state index contributed by atoms with van der Waals surface area (Å²) in [6.45, 7) is 1.47. The van der Waals surface area contributed by atoms with Crippen LogP contribution in [0.2, 0.25) is 0 Å². The maximum absolute atomic E-state index is 13.3. The van der Waals surface area contributed by atoms with Gasteiger partial charge in [0.25, 0.3) is 0 Å². The van der Waals surface area contributed by atoms with Crippen LogP contribution in [0.5, 0.6) is 0 Å². The first-order valence-corrected chi connectivity index (χ1v) is 9.94. The van der Waals surface area contributed by atoms with E-state index < -0.39 is 6.10 Å². The van der Waals surface area contributed by atoms with Crippen molar-refractivity contribution in [2.45, 2.75) is 19.3 Å². The van der Waals surface area contributed by atoms with E-state index >= 15 is 0 Å². The van der Waals surface area contributed by atoms with Crippen LogP contribution in [-0.4, -0.2) is 29.5 Å². The van der Waals surface area contributed by atoms with E-state index in [1.54, 1.807) is 18.2 Å². The molecule has 5 nitrogen and oxygen atoms in total. The second-order valence-electron chi connectivity index (χ2n) is 7.29. The summed E-state index contributed by atoms with van der Waals surface area (Å²) >= 11 is 0. The number of hydrogen-bond donors (Lipinski definition) is 2. The first-order valence-electron chi connectivity index (χ1n) is 9.94. The Labute approximate surface area is 178 Å². The van der Waals surface area contributed by atoms with Crippen molar-refractivity contribution in [3.63, 3.8) is 0 Å². The monoisotopic (exact) mass is 424 g/mol. The third kappa shape index (κ3) is 5.52. The van der Waals surface area contributed by atoms with Crippen molar-refractivity contribution >= 4 is 11.0 Å². The molecule has 1 heterocycles. The molecule has 160 valence electrons. The van der Waals surface area contributed by atoms with Crippen LogP contribution in [0.1, 0.15) is 11.1 Å². The molecule has 0 saturated carbocycles.